The van der Waals surface area contributed by atoms with Crippen LogP contribution in [-0.4, -0.2) is 73.8 Å². The second-order valence-corrected chi connectivity index (χ2v) is 4.92. The number of anilines is 1. The van der Waals surface area contributed by atoms with Gasteiger partial charge < -0.3 is 14.4 Å². The van der Waals surface area contributed by atoms with Crippen molar-refractivity contribution in [2.24, 2.45) is 0 Å². The van der Waals surface area contributed by atoms with Gasteiger partial charge in [-0.05, 0) is 6.92 Å². The van der Waals surface area contributed by atoms with Gasteiger partial charge in [-0.15, -0.1) is 0 Å². The lowest BCUT2D eigenvalue weighted by atomic mass is 10.3. The quantitative estimate of drug-likeness (QED) is 0.674. The molecule has 1 aliphatic rings. The predicted molar refractivity (Wildman–Crippen MR) is 78.7 cm³/mol. The summed E-state index contributed by atoms with van der Waals surface area (Å²) in [5.74, 6) is 1.25. The number of rotatable bonds is 8. The van der Waals surface area contributed by atoms with Crippen LogP contribution in [0.25, 0.3) is 0 Å². The summed E-state index contributed by atoms with van der Waals surface area (Å²) in [4.78, 5) is 12.9. The first-order valence-electron chi connectivity index (χ1n) is 7.48. The largest absolute Gasteiger partial charge is 0.478 e. The Balaban J connectivity index is 1.73. The topological polar surface area (TPSA) is 50.7 Å². The van der Waals surface area contributed by atoms with Crippen LogP contribution in [0.4, 0.5) is 14.7 Å². The Morgan fingerprint density at radius 3 is 2.73 bits per heavy atom. The van der Waals surface area contributed by atoms with Crippen molar-refractivity contribution >= 4 is 5.95 Å². The molecule has 0 N–H and O–H groups in total. The van der Waals surface area contributed by atoms with Crippen molar-refractivity contribution in [1.29, 1.82) is 0 Å². The number of halogens is 2. The minimum atomic E-state index is -2.40. The van der Waals surface area contributed by atoms with Crippen molar-refractivity contribution in [2.75, 3.05) is 57.4 Å². The van der Waals surface area contributed by atoms with Crippen molar-refractivity contribution in [2.45, 2.75) is 13.3 Å². The van der Waals surface area contributed by atoms with Crippen molar-refractivity contribution in [3.05, 3.63) is 12.3 Å². The van der Waals surface area contributed by atoms with Gasteiger partial charge in [0.05, 0.1) is 13.2 Å². The summed E-state index contributed by atoms with van der Waals surface area (Å²) in [7, 11) is 0. The van der Waals surface area contributed by atoms with E-state index in [1.807, 2.05) is 6.92 Å². The van der Waals surface area contributed by atoms with E-state index in [-0.39, 0.29) is 0 Å². The number of alkyl halides is 2. The van der Waals surface area contributed by atoms with Gasteiger partial charge in [0, 0.05) is 45.0 Å². The fourth-order valence-electron chi connectivity index (χ4n) is 2.25. The van der Waals surface area contributed by atoms with Crippen LogP contribution < -0.4 is 9.64 Å². The molecule has 0 aliphatic carbocycles. The van der Waals surface area contributed by atoms with Crippen molar-refractivity contribution < 1.29 is 18.3 Å². The molecule has 0 spiro atoms. The van der Waals surface area contributed by atoms with Crippen LogP contribution in [0, 0.1) is 0 Å². The van der Waals surface area contributed by atoms with E-state index in [0.717, 1.165) is 26.2 Å². The highest BCUT2D eigenvalue weighted by molar-refractivity contribution is 5.32. The van der Waals surface area contributed by atoms with Crippen LogP contribution in [0.5, 0.6) is 5.88 Å². The summed E-state index contributed by atoms with van der Waals surface area (Å²) < 4.78 is 34.2. The first-order chi connectivity index (χ1) is 10.7. The van der Waals surface area contributed by atoms with Gasteiger partial charge in [-0.2, -0.15) is 4.98 Å². The zero-order valence-corrected chi connectivity index (χ0v) is 12.8. The molecule has 22 heavy (non-hydrogen) atoms. The molecule has 1 fully saturated rings. The van der Waals surface area contributed by atoms with Gasteiger partial charge in [-0.1, -0.05) is 0 Å². The molecule has 0 radical (unpaired) electrons. The Kier molecular flexibility index (Phi) is 6.73. The van der Waals surface area contributed by atoms with Gasteiger partial charge in [0.15, 0.2) is 0 Å². The van der Waals surface area contributed by atoms with Gasteiger partial charge in [-0.25, -0.2) is 13.8 Å². The monoisotopic (exact) mass is 316 g/mol. The van der Waals surface area contributed by atoms with Crippen molar-refractivity contribution in [1.82, 2.24) is 14.9 Å². The number of hydrogen-bond acceptors (Lipinski definition) is 6. The molecule has 0 bridgehead atoms. The van der Waals surface area contributed by atoms with E-state index in [1.54, 1.807) is 12.3 Å². The van der Waals surface area contributed by atoms with Gasteiger partial charge in [-0.3, -0.25) is 4.90 Å². The Hall–Kier alpha value is -1.54. The Morgan fingerprint density at radius 2 is 2.05 bits per heavy atom. The van der Waals surface area contributed by atoms with Crippen LogP contribution in [0.1, 0.15) is 6.92 Å². The van der Waals surface area contributed by atoms with Gasteiger partial charge >= 0.3 is 0 Å². The Labute approximate surface area is 129 Å². The summed E-state index contributed by atoms with van der Waals surface area (Å²) in [5.41, 5.74) is 0. The van der Waals surface area contributed by atoms with E-state index in [0.29, 0.717) is 31.6 Å². The molecule has 1 aromatic rings. The number of nitrogens with zero attached hydrogens (tertiary/aromatic N) is 4. The average Bonchev–Trinajstić information content (AvgIpc) is 2.53. The number of hydrogen-bond donors (Lipinski definition) is 0. The van der Waals surface area contributed by atoms with E-state index < -0.39 is 13.0 Å². The SMILES string of the molecule is CCOc1ccnc(N2CCN(CCOCC(F)F)CC2)n1. The van der Waals surface area contributed by atoms with E-state index in [2.05, 4.69) is 19.8 Å². The van der Waals surface area contributed by atoms with Gasteiger partial charge in [0.25, 0.3) is 6.43 Å². The van der Waals surface area contributed by atoms with Crippen molar-refractivity contribution in [3.8, 4) is 5.88 Å². The lowest BCUT2D eigenvalue weighted by Crippen LogP contribution is -2.48. The average molecular weight is 316 g/mol. The molecule has 1 aromatic heterocycles. The van der Waals surface area contributed by atoms with E-state index in [1.165, 1.54) is 0 Å². The third kappa shape index (κ3) is 5.34. The van der Waals surface area contributed by atoms with Crippen LogP contribution in [0.2, 0.25) is 0 Å². The standard InChI is InChI=1S/C14H22F2N4O2/c1-2-22-13-3-4-17-14(18-13)20-7-5-19(6-8-20)9-10-21-11-12(15)16/h3-4,12H,2,5-11H2,1H3. The third-order valence-corrected chi connectivity index (χ3v) is 3.36. The zero-order chi connectivity index (χ0) is 15.8. The van der Waals surface area contributed by atoms with Crippen LogP contribution in [0.3, 0.4) is 0 Å². The number of ether oxygens (including phenoxy) is 2. The molecule has 2 heterocycles. The lowest BCUT2D eigenvalue weighted by molar-refractivity contribution is 0.00937. The minimum absolute atomic E-state index is 0.334. The highest BCUT2D eigenvalue weighted by Gasteiger charge is 2.19. The predicted octanol–water partition coefficient (Wildman–Crippen LogP) is 1.28. The molecule has 0 saturated carbocycles. The summed E-state index contributed by atoms with van der Waals surface area (Å²) in [6.45, 7) is 6.26. The summed E-state index contributed by atoms with van der Waals surface area (Å²) in [6, 6.07) is 1.74. The molecule has 0 atom stereocenters. The molecular formula is C14H22F2N4O2. The highest BCUT2D eigenvalue weighted by Crippen LogP contribution is 2.14. The molecule has 0 aromatic carbocycles. The Morgan fingerprint density at radius 1 is 1.27 bits per heavy atom. The smallest absolute Gasteiger partial charge is 0.261 e. The minimum Gasteiger partial charge on any atom is -0.478 e. The van der Waals surface area contributed by atoms with Crippen molar-refractivity contribution in [3.63, 3.8) is 0 Å². The van der Waals surface area contributed by atoms with Gasteiger partial charge in [0.2, 0.25) is 11.8 Å². The Bertz CT molecular complexity index is 443. The molecule has 6 nitrogen and oxygen atoms in total. The first-order valence-corrected chi connectivity index (χ1v) is 7.48. The summed E-state index contributed by atoms with van der Waals surface area (Å²) in [6.07, 6.45) is -0.704. The summed E-state index contributed by atoms with van der Waals surface area (Å²) in [5, 5.41) is 0. The maximum absolute atomic E-state index is 12.0. The maximum atomic E-state index is 12.0. The van der Waals surface area contributed by atoms with Crippen LogP contribution in [-0.2, 0) is 4.74 Å². The molecule has 0 unspecified atom stereocenters. The van der Waals surface area contributed by atoms with Crippen LogP contribution in [0.15, 0.2) is 12.3 Å². The first kappa shape index (κ1) is 16.8. The van der Waals surface area contributed by atoms with Gasteiger partial charge in [0.1, 0.15) is 6.61 Å². The fourth-order valence-corrected chi connectivity index (χ4v) is 2.25. The molecular weight excluding hydrogens is 294 g/mol. The van der Waals surface area contributed by atoms with Crippen LogP contribution >= 0.6 is 0 Å². The van der Waals surface area contributed by atoms with E-state index in [9.17, 15) is 8.78 Å². The molecule has 1 aliphatic heterocycles. The second-order valence-electron chi connectivity index (χ2n) is 4.92. The second kappa shape index (κ2) is 8.79. The summed E-state index contributed by atoms with van der Waals surface area (Å²) >= 11 is 0. The molecule has 0 amide bonds. The molecule has 124 valence electrons. The normalized spacial score (nSPS) is 16.3. The molecule has 8 heteroatoms. The highest BCUT2D eigenvalue weighted by atomic mass is 19.3. The zero-order valence-electron chi connectivity index (χ0n) is 12.8. The third-order valence-electron chi connectivity index (χ3n) is 3.36. The van der Waals surface area contributed by atoms with E-state index >= 15 is 0 Å². The number of aromatic nitrogens is 2. The number of piperazine rings is 1. The van der Waals surface area contributed by atoms with E-state index in [4.69, 9.17) is 9.47 Å². The fraction of sp³-hybridized carbons (Fsp3) is 0.714. The molecule has 2 rings (SSSR count). The molecule has 1 saturated heterocycles. The lowest BCUT2D eigenvalue weighted by Gasteiger charge is -2.34. The maximum Gasteiger partial charge on any atom is 0.261 e.